The summed E-state index contributed by atoms with van der Waals surface area (Å²) in [6.45, 7) is 7.32. The van der Waals surface area contributed by atoms with Gasteiger partial charge in [0, 0.05) is 44.2 Å². The first-order chi connectivity index (χ1) is 16.5. The fourth-order valence-corrected chi connectivity index (χ4v) is 5.32. The molecule has 34 heavy (non-hydrogen) atoms. The van der Waals surface area contributed by atoms with Crippen LogP contribution in [-0.4, -0.2) is 74.6 Å². The van der Waals surface area contributed by atoms with Crippen LogP contribution in [0, 0.1) is 5.92 Å². The second-order valence-electron chi connectivity index (χ2n) is 10.6. The number of aliphatic hydroxyl groups excluding tert-OH is 1. The van der Waals surface area contributed by atoms with Crippen LogP contribution >= 0.6 is 0 Å². The summed E-state index contributed by atoms with van der Waals surface area (Å²) in [7, 11) is 0. The SMILES string of the molecule is CC1(Oc2ccc3[nH]nc(-c4cc(N5CCN(CC6CCC(O)CC6)CC5)ncn4)c3c2)CC1. The fraction of sp³-hybridized carbons (Fsp3) is 0.577. The predicted molar refractivity (Wildman–Crippen MR) is 132 cm³/mol. The van der Waals surface area contributed by atoms with Crippen LogP contribution in [0.1, 0.15) is 45.4 Å². The van der Waals surface area contributed by atoms with Gasteiger partial charge < -0.3 is 14.7 Å². The van der Waals surface area contributed by atoms with Crippen molar-refractivity contribution in [2.24, 2.45) is 5.92 Å². The minimum atomic E-state index is -0.0766. The van der Waals surface area contributed by atoms with Gasteiger partial charge in [-0.15, -0.1) is 0 Å². The second-order valence-corrected chi connectivity index (χ2v) is 10.6. The van der Waals surface area contributed by atoms with Gasteiger partial charge in [0.2, 0.25) is 0 Å². The number of ether oxygens (including phenoxy) is 1. The van der Waals surface area contributed by atoms with Crippen LogP contribution in [0.15, 0.2) is 30.6 Å². The third kappa shape index (κ3) is 4.61. The number of nitrogens with zero attached hydrogens (tertiary/aromatic N) is 5. The van der Waals surface area contributed by atoms with Crippen LogP contribution in [0.2, 0.25) is 0 Å². The van der Waals surface area contributed by atoms with Crippen molar-refractivity contribution in [3.63, 3.8) is 0 Å². The molecule has 3 heterocycles. The summed E-state index contributed by atoms with van der Waals surface area (Å²) in [4.78, 5) is 14.1. The molecule has 2 aliphatic carbocycles. The van der Waals surface area contributed by atoms with E-state index in [0.29, 0.717) is 0 Å². The maximum absolute atomic E-state index is 9.76. The van der Waals surface area contributed by atoms with E-state index in [1.165, 1.54) is 0 Å². The summed E-state index contributed by atoms with van der Waals surface area (Å²) >= 11 is 0. The summed E-state index contributed by atoms with van der Waals surface area (Å²) in [5.74, 6) is 2.57. The lowest BCUT2D eigenvalue weighted by Gasteiger charge is -2.38. The molecule has 0 bridgehead atoms. The van der Waals surface area contributed by atoms with Crippen LogP contribution in [0.5, 0.6) is 5.75 Å². The quantitative estimate of drug-likeness (QED) is 0.578. The standard InChI is InChI=1S/C26H34N6O2/c1-26(8-9-26)34-20-6-7-22-21(14-20)25(30-29-22)23-15-24(28-17-27-23)32-12-10-31(11-13-32)16-18-2-4-19(33)5-3-18/h6-7,14-15,17-19,33H,2-5,8-13,16H2,1H3,(H,29,30). The van der Waals surface area contributed by atoms with E-state index in [9.17, 15) is 5.11 Å². The molecule has 2 N–H and O–H groups in total. The molecule has 6 rings (SSSR count). The van der Waals surface area contributed by atoms with Crippen molar-refractivity contribution in [1.82, 2.24) is 25.1 Å². The highest BCUT2D eigenvalue weighted by atomic mass is 16.5. The minimum absolute atomic E-state index is 0.0138. The summed E-state index contributed by atoms with van der Waals surface area (Å²) in [5, 5.41) is 18.5. The Hall–Kier alpha value is -2.71. The monoisotopic (exact) mass is 462 g/mol. The van der Waals surface area contributed by atoms with Gasteiger partial charge in [-0.05, 0) is 69.6 Å². The Morgan fingerprint density at radius 3 is 2.62 bits per heavy atom. The Bertz CT molecular complexity index is 1140. The third-order valence-electron chi connectivity index (χ3n) is 7.78. The second kappa shape index (κ2) is 8.82. The van der Waals surface area contributed by atoms with E-state index >= 15 is 0 Å². The van der Waals surface area contributed by atoms with E-state index in [1.807, 2.05) is 12.1 Å². The molecular formula is C26H34N6O2. The first kappa shape index (κ1) is 21.8. The Balaban J connectivity index is 1.14. The topological polar surface area (TPSA) is 90.4 Å². The molecule has 3 aromatic rings. The number of nitrogens with one attached hydrogen (secondary N) is 1. The number of hydrogen-bond donors (Lipinski definition) is 2. The van der Waals surface area contributed by atoms with Gasteiger partial charge in [-0.25, -0.2) is 9.97 Å². The molecule has 180 valence electrons. The number of hydrogen-bond acceptors (Lipinski definition) is 7. The summed E-state index contributed by atoms with van der Waals surface area (Å²) in [6, 6.07) is 8.17. The molecule has 8 nitrogen and oxygen atoms in total. The molecule has 0 spiro atoms. The molecule has 3 fully saturated rings. The molecule has 0 unspecified atom stereocenters. The van der Waals surface area contributed by atoms with Crippen LogP contribution in [0.25, 0.3) is 22.3 Å². The van der Waals surface area contributed by atoms with Crippen molar-refractivity contribution in [2.45, 2.75) is 57.2 Å². The molecule has 0 radical (unpaired) electrons. The van der Waals surface area contributed by atoms with Gasteiger partial charge in [0.1, 0.15) is 29.2 Å². The van der Waals surface area contributed by atoms with Gasteiger partial charge in [-0.2, -0.15) is 5.10 Å². The molecular weight excluding hydrogens is 428 g/mol. The van der Waals surface area contributed by atoms with Crippen molar-refractivity contribution in [2.75, 3.05) is 37.6 Å². The molecule has 1 saturated heterocycles. The number of piperazine rings is 1. The maximum atomic E-state index is 9.76. The number of aliphatic hydroxyl groups is 1. The summed E-state index contributed by atoms with van der Waals surface area (Å²) in [6.07, 6.45) is 8.02. The molecule has 3 aliphatic rings. The smallest absolute Gasteiger partial charge is 0.132 e. The van der Waals surface area contributed by atoms with E-state index < -0.39 is 0 Å². The number of aromatic nitrogens is 4. The molecule has 0 amide bonds. The van der Waals surface area contributed by atoms with E-state index in [2.05, 4.69) is 49.0 Å². The van der Waals surface area contributed by atoms with Gasteiger partial charge in [0.05, 0.1) is 17.3 Å². The molecule has 1 aliphatic heterocycles. The Morgan fingerprint density at radius 2 is 1.85 bits per heavy atom. The molecule has 8 heteroatoms. The Labute approximate surface area is 200 Å². The van der Waals surface area contributed by atoms with Crippen LogP contribution < -0.4 is 9.64 Å². The van der Waals surface area contributed by atoms with Crippen molar-refractivity contribution in [1.29, 1.82) is 0 Å². The zero-order chi connectivity index (χ0) is 23.1. The van der Waals surface area contributed by atoms with Gasteiger partial charge in [0.15, 0.2) is 0 Å². The lowest BCUT2D eigenvalue weighted by molar-refractivity contribution is 0.0926. The molecule has 1 aromatic carbocycles. The van der Waals surface area contributed by atoms with Crippen molar-refractivity contribution in [3.8, 4) is 17.1 Å². The minimum Gasteiger partial charge on any atom is -0.488 e. The maximum Gasteiger partial charge on any atom is 0.132 e. The number of benzene rings is 1. The Morgan fingerprint density at radius 1 is 1.06 bits per heavy atom. The van der Waals surface area contributed by atoms with E-state index in [1.54, 1.807) is 6.33 Å². The number of fused-ring (bicyclic) bond motifs is 1. The normalized spacial score (nSPS) is 24.9. The average molecular weight is 463 g/mol. The van der Waals surface area contributed by atoms with Crippen molar-refractivity contribution in [3.05, 3.63) is 30.6 Å². The van der Waals surface area contributed by atoms with E-state index in [4.69, 9.17) is 4.74 Å². The zero-order valence-corrected chi connectivity index (χ0v) is 19.9. The average Bonchev–Trinajstić information content (AvgIpc) is 3.43. The highest BCUT2D eigenvalue weighted by Gasteiger charge is 2.40. The van der Waals surface area contributed by atoms with Crippen LogP contribution in [0.3, 0.4) is 0 Å². The van der Waals surface area contributed by atoms with E-state index in [0.717, 1.165) is 111 Å². The van der Waals surface area contributed by atoms with E-state index in [-0.39, 0.29) is 11.7 Å². The van der Waals surface area contributed by atoms with Crippen LogP contribution in [-0.2, 0) is 0 Å². The highest BCUT2D eigenvalue weighted by Crippen LogP contribution is 2.40. The van der Waals surface area contributed by atoms with Crippen molar-refractivity contribution < 1.29 is 9.84 Å². The summed E-state index contributed by atoms with van der Waals surface area (Å²) < 4.78 is 6.17. The predicted octanol–water partition coefficient (Wildman–Crippen LogP) is 3.62. The number of anilines is 1. The number of rotatable bonds is 6. The third-order valence-corrected chi connectivity index (χ3v) is 7.78. The Kier molecular flexibility index (Phi) is 5.65. The lowest BCUT2D eigenvalue weighted by atomic mass is 9.87. The fourth-order valence-electron chi connectivity index (χ4n) is 5.32. The first-order valence-electron chi connectivity index (χ1n) is 12.7. The van der Waals surface area contributed by atoms with Gasteiger partial charge in [0.25, 0.3) is 0 Å². The van der Waals surface area contributed by atoms with Crippen LogP contribution in [0.4, 0.5) is 5.82 Å². The first-order valence-corrected chi connectivity index (χ1v) is 12.7. The van der Waals surface area contributed by atoms with Gasteiger partial charge in [-0.3, -0.25) is 10.00 Å². The largest absolute Gasteiger partial charge is 0.488 e. The molecule has 2 aromatic heterocycles. The summed E-state index contributed by atoms with van der Waals surface area (Å²) in [5.41, 5.74) is 2.63. The van der Waals surface area contributed by atoms with Crippen molar-refractivity contribution >= 4 is 16.7 Å². The number of H-pyrrole nitrogens is 1. The molecule has 0 atom stereocenters. The zero-order valence-electron chi connectivity index (χ0n) is 19.9. The van der Waals surface area contributed by atoms with Gasteiger partial charge in [-0.1, -0.05) is 0 Å². The lowest BCUT2D eigenvalue weighted by Crippen LogP contribution is -2.48. The van der Waals surface area contributed by atoms with Gasteiger partial charge >= 0.3 is 0 Å². The highest BCUT2D eigenvalue weighted by molar-refractivity contribution is 5.93. The molecule has 2 saturated carbocycles. The number of aromatic amines is 1.